The summed E-state index contributed by atoms with van der Waals surface area (Å²) in [5.74, 6) is -2.46. The van der Waals surface area contributed by atoms with Gasteiger partial charge < -0.3 is 0 Å². The van der Waals surface area contributed by atoms with Crippen LogP contribution < -0.4 is 0 Å². The molecule has 3 rings (SSSR count). The number of halogens is 5. The molecule has 13 heteroatoms. The molecule has 1 aliphatic heterocycles. The molecule has 0 aliphatic carbocycles. The van der Waals surface area contributed by atoms with Gasteiger partial charge in [-0.2, -0.15) is 18.3 Å². The van der Waals surface area contributed by atoms with Crippen LogP contribution in [-0.4, -0.2) is 46.9 Å². The number of alkyl halides is 3. The fraction of sp³-hybridized carbons (Fsp3) is 0.421. The molecule has 1 aromatic heterocycles. The van der Waals surface area contributed by atoms with E-state index in [9.17, 15) is 26.4 Å². The first kappa shape index (κ1) is 24.5. The lowest BCUT2D eigenvalue weighted by atomic mass is 9.87. The summed E-state index contributed by atoms with van der Waals surface area (Å²) in [5.41, 5.74) is -0.716. The minimum atomic E-state index is -4.74. The molecule has 32 heavy (non-hydrogen) atoms. The van der Waals surface area contributed by atoms with Crippen LogP contribution in [0.15, 0.2) is 29.3 Å². The Bertz CT molecular complexity index is 1190. The summed E-state index contributed by atoms with van der Waals surface area (Å²) in [5, 5.41) is 3.97. The fourth-order valence-corrected chi connectivity index (χ4v) is 4.99. The molecule has 1 aromatic carbocycles. The van der Waals surface area contributed by atoms with E-state index < -0.39 is 39.8 Å². The lowest BCUT2D eigenvalue weighted by Crippen LogP contribution is -2.45. The van der Waals surface area contributed by atoms with Crippen molar-refractivity contribution in [2.75, 3.05) is 12.8 Å². The number of benzene rings is 1. The van der Waals surface area contributed by atoms with Crippen molar-refractivity contribution >= 4 is 50.7 Å². The van der Waals surface area contributed by atoms with Crippen molar-refractivity contribution in [1.29, 1.82) is 0 Å². The van der Waals surface area contributed by atoms with Gasteiger partial charge in [-0.25, -0.2) is 22.4 Å². The molecule has 0 saturated heterocycles. The lowest BCUT2D eigenvalue weighted by Gasteiger charge is -2.33. The van der Waals surface area contributed by atoms with Crippen molar-refractivity contribution in [3.8, 4) is 0 Å². The van der Waals surface area contributed by atoms with Gasteiger partial charge in [0.05, 0.1) is 21.8 Å². The van der Waals surface area contributed by atoms with Crippen LogP contribution in [-0.2, 0) is 21.0 Å². The maximum atomic E-state index is 13.3. The van der Waals surface area contributed by atoms with Crippen LogP contribution in [0.1, 0.15) is 37.6 Å². The molecule has 2 aromatic rings. The van der Waals surface area contributed by atoms with Gasteiger partial charge in [-0.1, -0.05) is 36.2 Å². The fourth-order valence-electron chi connectivity index (χ4n) is 3.50. The standard InChI is InChI=1S/C19H19Cl2F3N4O3S/c1-4-7-32(30,31)27(3)18(29)16-10(2)25-15-9-14(19(22,23)24)26-28(15)17(16)11-5-6-12(20)13(21)8-11/h5-6,8-9,16-17H,4,7H2,1-3H3. The molecule has 2 heterocycles. The largest absolute Gasteiger partial charge is 0.435 e. The Labute approximate surface area is 192 Å². The van der Waals surface area contributed by atoms with Crippen molar-refractivity contribution in [3.05, 3.63) is 45.6 Å². The predicted octanol–water partition coefficient (Wildman–Crippen LogP) is 4.72. The van der Waals surface area contributed by atoms with Gasteiger partial charge in [0.1, 0.15) is 5.92 Å². The van der Waals surface area contributed by atoms with Gasteiger partial charge in [0.15, 0.2) is 11.5 Å². The normalized spacial score (nSPS) is 18.8. The second-order valence-corrected chi connectivity index (χ2v) is 10.2. The van der Waals surface area contributed by atoms with Crippen molar-refractivity contribution in [2.45, 2.75) is 32.5 Å². The zero-order valence-corrected chi connectivity index (χ0v) is 19.5. The first-order chi connectivity index (χ1) is 14.8. The molecule has 1 aliphatic rings. The van der Waals surface area contributed by atoms with Crippen molar-refractivity contribution < 1.29 is 26.4 Å². The zero-order chi connectivity index (χ0) is 24.0. The van der Waals surface area contributed by atoms with E-state index in [4.69, 9.17) is 23.2 Å². The van der Waals surface area contributed by atoms with Gasteiger partial charge in [0, 0.05) is 18.8 Å². The SMILES string of the molecule is CCCS(=O)(=O)N(C)C(=O)C1C(C)=Nc2cc(C(F)(F)F)nn2C1c1ccc(Cl)c(Cl)c1. The van der Waals surface area contributed by atoms with E-state index in [1.807, 2.05) is 0 Å². The summed E-state index contributed by atoms with van der Waals surface area (Å²) in [6, 6.07) is 3.99. The van der Waals surface area contributed by atoms with Gasteiger partial charge in [-0.3, -0.25) is 4.79 Å². The molecule has 0 saturated carbocycles. The average molecular weight is 511 g/mol. The molecular weight excluding hydrogens is 492 g/mol. The predicted molar refractivity (Wildman–Crippen MR) is 115 cm³/mol. The number of amides is 1. The molecule has 0 fully saturated rings. The Morgan fingerprint density at radius 3 is 2.44 bits per heavy atom. The van der Waals surface area contributed by atoms with Crippen LogP contribution >= 0.6 is 23.2 Å². The van der Waals surface area contributed by atoms with E-state index in [-0.39, 0.29) is 33.7 Å². The highest BCUT2D eigenvalue weighted by atomic mass is 35.5. The van der Waals surface area contributed by atoms with Crippen molar-refractivity contribution in [3.63, 3.8) is 0 Å². The van der Waals surface area contributed by atoms with E-state index in [1.165, 1.54) is 25.1 Å². The van der Waals surface area contributed by atoms with Crippen LogP contribution in [0.3, 0.4) is 0 Å². The highest BCUT2D eigenvalue weighted by Gasteiger charge is 2.44. The Morgan fingerprint density at radius 1 is 1.22 bits per heavy atom. The Balaban J connectivity index is 2.20. The third-order valence-electron chi connectivity index (χ3n) is 5.07. The summed E-state index contributed by atoms with van der Waals surface area (Å²) in [7, 11) is -2.81. The molecular formula is C19H19Cl2F3N4O3S. The monoisotopic (exact) mass is 510 g/mol. The van der Waals surface area contributed by atoms with Crippen LogP contribution in [0.25, 0.3) is 0 Å². The van der Waals surface area contributed by atoms with Gasteiger partial charge in [0.2, 0.25) is 15.9 Å². The van der Waals surface area contributed by atoms with Crippen LogP contribution in [0, 0.1) is 5.92 Å². The Hall–Kier alpha value is -2.11. The zero-order valence-electron chi connectivity index (χ0n) is 17.2. The highest BCUT2D eigenvalue weighted by Crippen LogP contribution is 2.41. The molecule has 0 N–H and O–H groups in total. The Kier molecular flexibility index (Phi) is 6.65. The molecule has 0 radical (unpaired) electrons. The minimum Gasteiger partial charge on any atom is -0.273 e. The van der Waals surface area contributed by atoms with Gasteiger partial charge in [0.25, 0.3) is 0 Å². The third kappa shape index (κ3) is 4.51. The number of carbonyl (C=O) groups is 1. The number of hydrogen-bond acceptors (Lipinski definition) is 5. The molecule has 2 unspecified atom stereocenters. The number of fused-ring (bicyclic) bond motifs is 1. The summed E-state index contributed by atoms with van der Waals surface area (Å²) in [4.78, 5) is 17.4. The second-order valence-electron chi connectivity index (χ2n) is 7.30. The first-order valence-electron chi connectivity index (χ1n) is 9.45. The number of carbonyl (C=O) groups excluding carboxylic acids is 1. The molecule has 0 spiro atoms. The van der Waals surface area contributed by atoms with E-state index in [0.29, 0.717) is 9.87 Å². The topological polar surface area (TPSA) is 84.6 Å². The van der Waals surface area contributed by atoms with Gasteiger partial charge in [-0.05, 0) is 31.0 Å². The number of aromatic nitrogens is 2. The van der Waals surface area contributed by atoms with Crippen LogP contribution in [0.2, 0.25) is 10.0 Å². The molecule has 2 atom stereocenters. The third-order valence-corrected chi connectivity index (χ3v) is 7.75. The molecule has 1 amide bonds. The molecule has 0 bridgehead atoms. The van der Waals surface area contributed by atoms with Crippen molar-refractivity contribution in [2.24, 2.45) is 10.9 Å². The number of hydrogen-bond donors (Lipinski definition) is 0. The number of rotatable bonds is 5. The van der Waals surface area contributed by atoms with Gasteiger partial charge in [-0.15, -0.1) is 0 Å². The molecule has 174 valence electrons. The quantitative estimate of drug-likeness (QED) is 0.582. The maximum absolute atomic E-state index is 13.3. The lowest BCUT2D eigenvalue weighted by molar-refractivity contribution is -0.141. The Morgan fingerprint density at radius 2 is 1.88 bits per heavy atom. The minimum absolute atomic E-state index is 0.117. The van der Waals surface area contributed by atoms with E-state index in [0.717, 1.165) is 17.8 Å². The summed E-state index contributed by atoms with van der Waals surface area (Å²) >= 11 is 12.1. The van der Waals surface area contributed by atoms with Crippen LogP contribution in [0.4, 0.5) is 19.0 Å². The summed E-state index contributed by atoms with van der Waals surface area (Å²) in [6.07, 6.45) is -4.46. The number of aliphatic imine (C=N–C) groups is 1. The highest BCUT2D eigenvalue weighted by molar-refractivity contribution is 7.89. The second kappa shape index (κ2) is 8.68. The van der Waals surface area contributed by atoms with E-state index >= 15 is 0 Å². The van der Waals surface area contributed by atoms with E-state index in [1.54, 1.807) is 6.92 Å². The summed E-state index contributed by atoms with van der Waals surface area (Å²) < 4.78 is 66.6. The number of sulfonamides is 1. The smallest absolute Gasteiger partial charge is 0.273 e. The van der Waals surface area contributed by atoms with Crippen LogP contribution in [0.5, 0.6) is 0 Å². The van der Waals surface area contributed by atoms with E-state index in [2.05, 4.69) is 10.1 Å². The first-order valence-corrected chi connectivity index (χ1v) is 11.8. The number of nitrogens with zero attached hydrogens (tertiary/aromatic N) is 4. The van der Waals surface area contributed by atoms with Crippen molar-refractivity contribution in [1.82, 2.24) is 14.1 Å². The average Bonchev–Trinajstić information content (AvgIpc) is 3.12. The maximum Gasteiger partial charge on any atom is 0.435 e. The summed E-state index contributed by atoms with van der Waals surface area (Å²) in [6.45, 7) is 3.10. The van der Waals surface area contributed by atoms with Gasteiger partial charge >= 0.3 is 6.18 Å². The molecule has 7 nitrogen and oxygen atoms in total.